The second-order valence-electron chi connectivity index (χ2n) is 4.30. The number of thioether (sulfide) groups is 1. The highest BCUT2D eigenvalue weighted by atomic mass is 32.2. The predicted molar refractivity (Wildman–Crippen MR) is 78.2 cm³/mol. The van der Waals surface area contributed by atoms with Gasteiger partial charge in [0.15, 0.2) is 0 Å². The lowest BCUT2D eigenvalue weighted by molar-refractivity contribution is 0.0939. The molecule has 18 heavy (non-hydrogen) atoms. The molecule has 96 valence electrons. The van der Waals surface area contributed by atoms with Gasteiger partial charge in [-0.15, -0.1) is 0 Å². The summed E-state index contributed by atoms with van der Waals surface area (Å²) < 4.78 is 0. The number of nitrogens with one attached hydrogen (secondary N) is 2. The molecule has 0 saturated heterocycles. The topological polar surface area (TPSA) is 44.9 Å². The van der Waals surface area contributed by atoms with Crippen molar-refractivity contribution in [1.29, 1.82) is 0 Å². The van der Waals surface area contributed by atoms with E-state index in [2.05, 4.69) is 17.2 Å². The van der Waals surface area contributed by atoms with Crippen molar-refractivity contribution < 1.29 is 4.79 Å². The second kappa shape index (κ2) is 5.96. The molecule has 0 bridgehead atoms. The van der Waals surface area contributed by atoms with Crippen molar-refractivity contribution in [1.82, 2.24) is 10.3 Å². The number of amides is 1. The van der Waals surface area contributed by atoms with Gasteiger partial charge in [-0.1, -0.05) is 25.1 Å². The van der Waals surface area contributed by atoms with Crippen molar-refractivity contribution in [3.05, 3.63) is 36.0 Å². The summed E-state index contributed by atoms with van der Waals surface area (Å²) in [4.78, 5) is 15.2. The molecule has 0 spiro atoms. The van der Waals surface area contributed by atoms with E-state index in [1.54, 1.807) is 0 Å². The molecule has 0 radical (unpaired) electrons. The minimum atomic E-state index is -0.0320. The third-order valence-corrected chi connectivity index (χ3v) is 3.87. The lowest BCUT2D eigenvalue weighted by atomic mass is 10.2. The van der Waals surface area contributed by atoms with E-state index in [1.165, 1.54) is 0 Å². The summed E-state index contributed by atoms with van der Waals surface area (Å²) in [7, 11) is 0. The Morgan fingerprint density at radius 3 is 2.94 bits per heavy atom. The van der Waals surface area contributed by atoms with Gasteiger partial charge in [-0.25, -0.2) is 0 Å². The number of carbonyl (C=O) groups excluding carboxylic acids is 1. The highest BCUT2D eigenvalue weighted by Gasteiger charge is 2.11. The fourth-order valence-corrected chi connectivity index (χ4v) is 2.51. The summed E-state index contributed by atoms with van der Waals surface area (Å²) in [6.45, 7) is 4.15. The van der Waals surface area contributed by atoms with Crippen LogP contribution < -0.4 is 5.32 Å². The standard InChI is InChI=1S/C14H18N2OS/c1-3-18-9-10(2)15-14(17)13-8-11-6-4-5-7-12(11)16-13/h4-8,10,16H,3,9H2,1-2H3,(H,15,17). The molecule has 1 aromatic heterocycles. The number of aromatic nitrogens is 1. The predicted octanol–water partition coefficient (Wildman–Crippen LogP) is 3.04. The SMILES string of the molecule is CCSCC(C)NC(=O)c1cc2ccccc2[nH]1. The zero-order valence-electron chi connectivity index (χ0n) is 10.7. The van der Waals surface area contributed by atoms with Crippen LogP contribution in [0, 0.1) is 0 Å². The van der Waals surface area contributed by atoms with E-state index >= 15 is 0 Å². The van der Waals surface area contributed by atoms with Crippen LogP contribution in [0.5, 0.6) is 0 Å². The first-order chi connectivity index (χ1) is 8.70. The van der Waals surface area contributed by atoms with Crippen LogP contribution in [0.1, 0.15) is 24.3 Å². The zero-order valence-corrected chi connectivity index (χ0v) is 11.5. The Labute approximate surface area is 111 Å². The van der Waals surface area contributed by atoms with Crippen LogP contribution >= 0.6 is 11.8 Å². The maximum atomic E-state index is 12.0. The Bertz CT molecular complexity index is 502. The molecule has 0 saturated carbocycles. The van der Waals surface area contributed by atoms with Gasteiger partial charge in [-0.2, -0.15) is 11.8 Å². The van der Waals surface area contributed by atoms with E-state index in [0.717, 1.165) is 22.4 Å². The first-order valence-corrected chi connectivity index (χ1v) is 7.32. The number of para-hydroxylation sites is 1. The lowest BCUT2D eigenvalue weighted by Crippen LogP contribution is -2.34. The molecule has 1 amide bonds. The fraction of sp³-hybridized carbons (Fsp3) is 0.357. The van der Waals surface area contributed by atoms with E-state index in [1.807, 2.05) is 49.0 Å². The number of hydrogen-bond donors (Lipinski definition) is 2. The highest BCUT2D eigenvalue weighted by molar-refractivity contribution is 7.99. The van der Waals surface area contributed by atoms with Crippen molar-refractivity contribution in [2.24, 2.45) is 0 Å². The average Bonchev–Trinajstić information content (AvgIpc) is 2.80. The molecule has 2 rings (SSSR count). The molecule has 2 aromatic rings. The summed E-state index contributed by atoms with van der Waals surface area (Å²) in [5, 5.41) is 4.07. The second-order valence-corrected chi connectivity index (χ2v) is 5.62. The van der Waals surface area contributed by atoms with Gasteiger partial charge in [0, 0.05) is 22.7 Å². The van der Waals surface area contributed by atoms with Crippen molar-refractivity contribution in [3.63, 3.8) is 0 Å². The number of rotatable bonds is 5. The van der Waals surface area contributed by atoms with Gasteiger partial charge in [0.1, 0.15) is 5.69 Å². The van der Waals surface area contributed by atoms with Crippen molar-refractivity contribution >= 4 is 28.6 Å². The fourth-order valence-electron chi connectivity index (χ4n) is 1.83. The summed E-state index contributed by atoms with van der Waals surface area (Å²) in [5.41, 5.74) is 1.63. The van der Waals surface area contributed by atoms with Crippen molar-refractivity contribution in [2.75, 3.05) is 11.5 Å². The smallest absolute Gasteiger partial charge is 0.267 e. The summed E-state index contributed by atoms with van der Waals surface area (Å²) in [6.07, 6.45) is 0. The van der Waals surface area contributed by atoms with Gasteiger partial charge in [0.05, 0.1) is 0 Å². The number of hydrogen-bond acceptors (Lipinski definition) is 2. The minimum Gasteiger partial charge on any atom is -0.351 e. The van der Waals surface area contributed by atoms with Crippen LogP contribution in [0.3, 0.4) is 0 Å². The molecule has 4 heteroatoms. The molecule has 2 N–H and O–H groups in total. The Morgan fingerprint density at radius 1 is 1.44 bits per heavy atom. The van der Waals surface area contributed by atoms with Crippen LogP contribution in [0.4, 0.5) is 0 Å². The molecule has 1 heterocycles. The number of fused-ring (bicyclic) bond motifs is 1. The van der Waals surface area contributed by atoms with Gasteiger partial charge in [-0.3, -0.25) is 4.79 Å². The molecular formula is C14H18N2OS. The molecular weight excluding hydrogens is 244 g/mol. The Hall–Kier alpha value is -1.42. The molecule has 3 nitrogen and oxygen atoms in total. The summed E-state index contributed by atoms with van der Waals surface area (Å²) in [6, 6.07) is 9.99. The first-order valence-electron chi connectivity index (χ1n) is 6.17. The quantitative estimate of drug-likeness (QED) is 0.870. The normalized spacial score (nSPS) is 12.6. The van der Waals surface area contributed by atoms with E-state index in [-0.39, 0.29) is 11.9 Å². The molecule has 0 aliphatic carbocycles. The first kappa shape index (κ1) is 13.0. The van der Waals surface area contributed by atoms with E-state index in [0.29, 0.717) is 5.69 Å². The molecule has 1 atom stereocenters. The number of aromatic amines is 1. The maximum Gasteiger partial charge on any atom is 0.267 e. The van der Waals surface area contributed by atoms with E-state index in [4.69, 9.17) is 0 Å². The molecule has 0 aliphatic rings. The molecule has 0 fully saturated rings. The van der Waals surface area contributed by atoms with Gasteiger partial charge in [-0.05, 0) is 24.8 Å². The zero-order chi connectivity index (χ0) is 13.0. The van der Waals surface area contributed by atoms with Crippen LogP contribution in [0.15, 0.2) is 30.3 Å². The molecule has 1 unspecified atom stereocenters. The maximum absolute atomic E-state index is 12.0. The van der Waals surface area contributed by atoms with Crippen LogP contribution in [-0.4, -0.2) is 28.4 Å². The van der Waals surface area contributed by atoms with Crippen LogP contribution in [0.2, 0.25) is 0 Å². The third kappa shape index (κ3) is 3.07. The van der Waals surface area contributed by atoms with Crippen molar-refractivity contribution in [2.45, 2.75) is 19.9 Å². The number of carbonyl (C=O) groups is 1. The summed E-state index contributed by atoms with van der Waals surface area (Å²) in [5.74, 6) is 1.99. The number of benzene rings is 1. The monoisotopic (exact) mass is 262 g/mol. The lowest BCUT2D eigenvalue weighted by Gasteiger charge is -2.11. The third-order valence-electron chi connectivity index (χ3n) is 2.72. The Kier molecular flexibility index (Phi) is 4.31. The van der Waals surface area contributed by atoms with Gasteiger partial charge >= 0.3 is 0 Å². The molecule has 0 aliphatic heterocycles. The highest BCUT2D eigenvalue weighted by Crippen LogP contribution is 2.14. The van der Waals surface area contributed by atoms with Gasteiger partial charge in [0.2, 0.25) is 0 Å². The van der Waals surface area contributed by atoms with E-state index in [9.17, 15) is 4.79 Å². The van der Waals surface area contributed by atoms with Crippen molar-refractivity contribution in [3.8, 4) is 0 Å². The van der Waals surface area contributed by atoms with Crippen LogP contribution in [0.25, 0.3) is 10.9 Å². The minimum absolute atomic E-state index is 0.0320. The molecule has 1 aromatic carbocycles. The van der Waals surface area contributed by atoms with E-state index < -0.39 is 0 Å². The Morgan fingerprint density at radius 2 is 2.22 bits per heavy atom. The largest absolute Gasteiger partial charge is 0.351 e. The number of H-pyrrole nitrogens is 1. The average molecular weight is 262 g/mol. The van der Waals surface area contributed by atoms with Crippen LogP contribution in [-0.2, 0) is 0 Å². The van der Waals surface area contributed by atoms with Gasteiger partial charge in [0.25, 0.3) is 5.91 Å². The van der Waals surface area contributed by atoms with Gasteiger partial charge < -0.3 is 10.3 Å². The summed E-state index contributed by atoms with van der Waals surface area (Å²) >= 11 is 1.83. The Balaban J connectivity index is 2.04.